The number of hydrogen-bond acceptors (Lipinski definition) is 2. The Kier molecular flexibility index (Phi) is 2.99. The topological polar surface area (TPSA) is 35.2 Å². The number of ether oxygens (including phenoxy) is 1. The second kappa shape index (κ2) is 4.43. The van der Waals surface area contributed by atoms with Crippen LogP contribution in [0, 0.1) is 0 Å². The first-order valence-electron chi connectivity index (χ1n) is 5.07. The lowest BCUT2D eigenvalue weighted by atomic mass is 10.0. The van der Waals surface area contributed by atoms with Crippen molar-refractivity contribution in [2.45, 2.75) is 6.10 Å². The minimum absolute atomic E-state index is 0.0175. The van der Waals surface area contributed by atoms with Crippen LogP contribution in [0.25, 0.3) is 10.8 Å². The molecule has 2 heteroatoms. The van der Waals surface area contributed by atoms with Gasteiger partial charge >= 0.3 is 0 Å². The van der Waals surface area contributed by atoms with E-state index >= 15 is 0 Å². The van der Waals surface area contributed by atoms with Gasteiger partial charge in [0.25, 0.3) is 0 Å². The Morgan fingerprint density at radius 1 is 1.13 bits per heavy atom. The van der Waals surface area contributed by atoms with Gasteiger partial charge in [-0.2, -0.15) is 0 Å². The van der Waals surface area contributed by atoms with Gasteiger partial charge in [0.15, 0.2) is 0 Å². The molecule has 0 aliphatic carbocycles. The first kappa shape index (κ1) is 10.1. The molecule has 78 valence electrons. The van der Waals surface area contributed by atoms with E-state index in [2.05, 4.69) is 24.3 Å². The standard InChI is InChI=1S/C13H15NO/c1-15-13(9-14)12-8-4-6-10-5-2-3-7-11(10)12/h2-8,13H,9,14H2,1H3. The highest BCUT2D eigenvalue weighted by atomic mass is 16.5. The summed E-state index contributed by atoms with van der Waals surface area (Å²) >= 11 is 0. The van der Waals surface area contributed by atoms with Gasteiger partial charge in [0, 0.05) is 13.7 Å². The van der Waals surface area contributed by atoms with Gasteiger partial charge in [0.1, 0.15) is 0 Å². The van der Waals surface area contributed by atoms with Crippen molar-refractivity contribution in [1.82, 2.24) is 0 Å². The number of nitrogens with two attached hydrogens (primary N) is 1. The summed E-state index contributed by atoms with van der Waals surface area (Å²) in [6.45, 7) is 0.504. The molecule has 0 saturated heterocycles. The third kappa shape index (κ3) is 1.87. The fraction of sp³-hybridized carbons (Fsp3) is 0.231. The average Bonchev–Trinajstić information content (AvgIpc) is 2.31. The number of fused-ring (bicyclic) bond motifs is 1. The van der Waals surface area contributed by atoms with Gasteiger partial charge in [-0.1, -0.05) is 42.5 Å². The highest BCUT2D eigenvalue weighted by Crippen LogP contribution is 2.25. The van der Waals surface area contributed by atoms with E-state index in [-0.39, 0.29) is 6.10 Å². The minimum atomic E-state index is -0.0175. The lowest BCUT2D eigenvalue weighted by Gasteiger charge is -2.15. The molecule has 15 heavy (non-hydrogen) atoms. The Hall–Kier alpha value is -1.38. The first-order valence-corrected chi connectivity index (χ1v) is 5.07. The van der Waals surface area contributed by atoms with Crippen molar-refractivity contribution in [3.05, 3.63) is 48.0 Å². The molecule has 2 rings (SSSR count). The molecule has 0 fully saturated rings. The molecule has 0 aliphatic heterocycles. The Morgan fingerprint density at radius 3 is 2.60 bits per heavy atom. The molecule has 2 N–H and O–H groups in total. The molecule has 0 amide bonds. The highest BCUT2D eigenvalue weighted by molar-refractivity contribution is 5.86. The van der Waals surface area contributed by atoms with E-state index in [9.17, 15) is 0 Å². The summed E-state index contributed by atoms with van der Waals surface area (Å²) in [5.41, 5.74) is 6.85. The fourth-order valence-corrected chi connectivity index (χ4v) is 1.88. The smallest absolute Gasteiger partial charge is 0.0949 e. The predicted octanol–water partition coefficient (Wildman–Crippen LogP) is 2.49. The summed E-state index contributed by atoms with van der Waals surface area (Å²) in [5.74, 6) is 0. The van der Waals surface area contributed by atoms with Crippen molar-refractivity contribution in [2.24, 2.45) is 5.73 Å². The van der Waals surface area contributed by atoms with Crippen LogP contribution in [-0.4, -0.2) is 13.7 Å². The van der Waals surface area contributed by atoms with E-state index in [1.807, 2.05) is 18.2 Å². The van der Waals surface area contributed by atoms with Gasteiger partial charge in [0.2, 0.25) is 0 Å². The predicted molar refractivity (Wildman–Crippen MR) is 62.8 cm³/mol. The van der Waals surface area contributed by atoms with Crippen LogP contribution < -0.4 is 5.73 Å². The van der Waals surface area contributed by atoms with Crippen molar-refractivity contribution in [1.29, 1.82) is 0 Å². The van der Waals surface area contributed by atoms with E-state index < -0.39 is 0 Å². The molecule has 2 aromatic rings. The molecule has 0 radical (unpaired) electrons. The molecule has 0 saturated carbocycles. The summed E-state index contributed by atoms with van der Waals surface area (Å²) in [6, 6.07) is 14.5. The Bertz CT molecular complexity index is 444. The second-order valence-electron chi connectivity index (χ2n) is 3.53. The molecule has 0 spiro atoms. The van der Waals surface area contributed by atoms with E-state index in [4.69, 9.17) is 10.5 Å². The van der Waals surface area contributed by atoms with Crippen LogP contribution in [0.3, 0.4) is 0 Å². The van der Waals surface area contributed by atoms with Crippen LogP contribution in [0.15, 0.2) is 42.5 Å². The zero-order valence-electron chi connectivity index (χ0n) is 8.81. The third-order valence-corrected chi connectivity index (χ3v) is 2.67. The summed E-state index contributed by atoms with van der Waals surface area (Å²) < 4.78 is 5.37. The van der Waals surface area contributed by atoms with Crippen LogP contribution in [0.4, 0.5) is 0 Å². The molecule has 2 aromatic carbocycles. The molecule has 0 aromatic heterocycles. The lowest BCUT2D eigenvalue weighted by Crippen LogP contribution is -2.14. The van der Waals surface area contributed by atoms with Gasteiger partial charge in [-0.25, -0.2) is 0 Å². The Morgan fingerprint density at radius 2 is 1.87 bits per heavy atom. The molecule has 1 atom stereocenters. The summed E-state index contributed by atoms with van der Waals surface area (Å²) in [7, 11) is 1.69. The van der Waals surface area contributed by atoms with Gasteiger partial charge in [0.05, 0.1) is 6.10 Å². The maximum atomic E-state index is 5.68. The summed E-state index contributed by atoms with van der Waals surface area (Å²) in [4.78, 5) is 0. The Balaban J connectivity index is 2.59. The lowest BCUT2D eigenvalue weighted by molar-refractivity contribution is 0.112. The van der Waals surface area contributed by atoms with Gasteiger partial charge in [-0.15, -0.1) is 0 Å². The number of hydrogen-bond donors (Lipinski definition) is 1. The molecule has 1 unspecified atom stereocenters. The van der Waals surface area contributed by atoms with Crippen LogP contribution >= 0.6 is 0 Å². The van der Waals surface area contributed by atoms with Gasteiger partial charge in [-0.3, -0.25) is 0 Å². The summed E-state index contributed by atoms with van der Waals surface area (Å²) in [6.07, 6.45) is -0.0175. The first-order chi connectivity index (χ1) is 7.36. The number of benzene rings is 2. The van der Waals surface area contributed by atoms with Gasteiger partial charge < -0.3 is 10.5 Å². The maximum absolute atomic E-state index is 5.68. The third-order valence-electron chi connectivity index (χ3n) is 2.67. The van der Waals surface area contributed by atoms with Crippen molar-refractivity contribution in [2.75, 3.05) is 13.7 Å². The van der Waals surface area contributed by atoms with Crippen LogP contribution in [-0.2, 0) is 4.74 Å². The molecule has 0 aliphatic rings. The highest BCUT2D eigenvalue weighted by Gasteiger charge is 2.10. The van der Waals surface area contributed by atoms with E-state index in [0.717, 1.165) is 5.56 Å². The second-order valence-corrected chi connectivity index (χ2v) is 3.53. The molecular weight excluding hydrogens is 186 g/mol. The summed E-state index contributed by atoms with van der Waals surface area (Å²) in [5, 5.41) is 2.45. The quantitative estimate of drug-likeness (QED) is 0.828. The van der Waals surface area contributed by atoms with Crippen molar-refractivity contribution < 1.29 is 4.74 Å². The number of methoxy groups -OCH3 is 1. The number of rotatable bonds is 3. The van der Waals surface area contributed by atoms with Crippen molar-refractivity contribution in [3.63, 3.8) is 0 Å². The van der Waals surface area contributed by atoms with Crippen LogP contribution in [0.5, 0.6) is 0 Å². The minimum Gasteiger partial charge on any atom is -0.375 e. The SMILES string of the molecule is COC(CN)c1cccc2ccccc12. The molecule has 2 nitrogen and oxygen atoms in total. The molecule has 0 bridgehead atoms. The fourth-order valence-electron chi connectivity index (χ4n) is 1.88. The van der Waals surface area contributed by atoms with Gasteiger partial charge in [-0.05, 0) is 16.3 Å². The zero-order chi connectivity index (χ0) is 10.7. The maximum Gasteiger partial charge on any atom is 0.0949 e. The monoisotopic (exact) mass is 201 g/mol. The van der Waals surface area contributed by atoms with E-state index in [1.165, 1.54) is 10.8 Å². The Labute approximate surface area is 89.7 Å². The average molecular weight is 201 g/mol. The van der Waals surface area contributed by atoms with Crippen molar-refractivity contribution in [3.8, 4) is 0 Å². The molecule has 0 heterocycles. The van der Waals surface area contributed by atoms with Crippen molar-refractivity contribution >= 4 is 10.8 Å². The molecular formula is C13H15NO. The van der Waals surface area contributed by atoms with E-state index in [1.54, 1.807) is 7.11 Å². The van der Waals surface area contributed by atoms with E-state index in [0.29, 0.717) is 6.54 Å². The van der Waals surface area contributed by atoms with Crippen LogP contribution in [0.1, 0.15) is 11.7 Å². The largest absolute Gasteiger partial charge is 0.375 e. The zero-order valence-corrected chi connectivity index (χ0v) is 8.81. The van der Waals surface area contributed by atoms with Crippen LogP contribution in [0.2, 0.25) is 0 Å². The normalized spacial score (nSPS) is 12.9.